The lowest BCUT2D eigenvalue weighted by atomic mass is 10.0. The molecule has 6 aliphatic heterocycles. The highest BCUT2D eigenvalue weighted by molar-refractivity contribution is 5.79. The van der Waals surface area contributed by atoms with Gasteiger partial charge in [0.2, 0.25) is 11.3 Å². The second-order valence-corrected chi connectivity index (χ2v) is 14.1. The number of nitrogens with zero attached hydrogens (tertiary/aromatic N) is 8. The Bertz CT molecular complexity index is 2120. The summed E-state index contributed by atoms with van der Waals surface area (Å²) >= 11 is 0. The number of aromatic nitrogens is 4. The van der Waals surface area contributed by atoms with E-state index in [0.29, 0.717) is 40.7 Å². The fourth-order valence-electron chi connectivity index (χ4n) is 8.02. The van der Waals surface area contributed by atoms with E-state index in [1.54, 1.807) is 0 Å². The van der Waals surface area contributed by atoms with Gasteiger partial charge in [-0.15, -0.1) is 0 Å². The quantitative estimate of drug-likeness (QED) is 0.186. The van der Waals surface area contributed by atoms with E-state index in [4.69, 9.17) is 23.5 Å². The SMILES string of the molecule is Cc1nc2nc(N3CCN4CCC3CC4)oc2cc1-c1ccccc1.Cc1nc2nc(N3CCN4CCC3CC4)oc2cc1Oc1ccccc1. The van der Waals surface area contributed by atoms with Gasteiger partial charge in [-0.1, -0.05) is 48.5 Å². The van der Waals surface area contributed by atoms with Gasteiger partial charge in [-0.3, -0.25) is 0 Å². The average Bonchev–Trinajstić information content (AvgIpc) is 3.42. The van der Waals surface area contributed by atoms with Crippen molar-refractivity contribution >= 4 is 34.5 Å². The Kier molecular flexibility index (Phi) is 8.53. The molecule has 0 aliphatic carbocycles. The van der Waals surface area contributed by atoms with Crippen LogP contribution in [0.3, 0.4) is 0 Å². The first kappa shape index (κ1) is 31.9. The van der Waals surface area contributed by atoms with Crippen molar-refractivity contribution in [1.82, 2.24) is 29.7 Å². The van der Waals surface area contributed by atoms with Crippen molar-refractivity contribution in [3.8, 4) is 22.6 Å². The fourth-order valence-corrected chi connectivity index (χ4v) is 8.02. The minimum atomic E-state index is 0.517. The molecular weight excluding hydrogens is 640 g/mol. The van der Waals surface area contributed by atoms with E-state index in [1.807, 2.05) is 68.4 Å². The Balaban J connectivity index is 0.000000137. The van der Waals surface area contributed by atoms with E-state index in [-0.39, 0.29) is 0 Å². The minimum Gasteiger partial charge on any atom is -0.455 e. The summed E-state index contributed by atoms with van der Waals surface area (Å²) in [6.45, 7) is 12.8. The zero-order valence-electron chi connectivity index (χ0n) is 29.4. The number of aryl methyl sites for hydroxylation is 2. The second kappa shape index (κ2) is 13.6. The number of para-hydroxylation sites is 1. The Morgan fingerprint density at radius 3 is 1.65 bits per heavy atom. The molecule has 10 heterocycles. The van der Waals surface area contributed by atoms with Gasteiger partial charge in [0, 0.05) is 81.8 Å². The standard InChI is InChI=1S/C20H22N4O2.C20H22N4O/c1-14-17(25-16-5-3-2-4-6-16)13-18-19(21-14)22-20(26-18)24-12-11-23-9-7-15(24)8-10-23;1-14-17(15-5-3-2-4-6-15)13-18-19(21-14)22-20(25-18)24-12-11-23-9-7-16(24)8-10-23/h2-6,13,15H,7-12H2,1H3;2-6,13,16H,7-12H2,1H3. The van der Waals surface area contributed by atoms with Gasteiger partial charge >= 0.3 is 0 Å². The van der Waals surface area contributed by atoms with Crippen molar-refractivity contribution < 1.29 is 13.6 Å². The monoisotopic (exact) mass is 684 g/mol. The first-order chi connectivity index (χ1) is 25.0. The van der Waals surface area contributed by atoms with Crippen molar-refractivity contribution in [3.05, 3.63) is 84.2 Å². The summed E-state index contributed by atoms with van der Waals surface area (Å²) in [5.74, 6) is 1.49. The maximum atomic E-state index is 6.16. The van der Waals surface area contributed by atoms with Crippen LogP contribution in [0.25, 0.3) is 33.6 Å². The van der Waals surface area contributed by atoms with Crippen LogP contribution >= 0.6 is 0 Å². The van der Waals surface area contributed by atoms with Crippen LogP contribution in [-0.4, -0.2) is 94.2 Å². The highest BCUT2D eigenvalue weighted by Crippen LogP contribution is 2.34. The average molecular weight is 685 g/mol. The summed E-state index contributed by atoms with van der Waals surface area (Å²) in [6.07, 6.45) is 4.74. The Hall–Kier alpha value is -5.00. The third kappa shape index (κ3) is 6.52. The van der Waals surface area contributed by atoms with Gasteiger partial charge in [0.15, 0.2) is 16.9 Å². The van der Waals surface area contributed by atoms with Crippen molar-refractivity contribution in [2.45, 2.75) is 51.6 Å². The normalized spacial score (nSPS) is 22.9. The lowest BCUT2D eigenvalue weighted by molar-refractivity contribution is 0.249. The number of hydrogen-bond donors (Lipinski definition) is 0. The molecule has 0 spiro atoms. The van der Waals surface area contributed by atoms with Gasteiger partial charge in [0.25, 0.3) is 12.0 Å². The van der Waals surface area contributed by atoms with Crippen LogP contribution < -0.4 is 14.5 Å². The number of pyridine rings is 2. The lowest BCUT2D eigenvalue weighted by Gasteiger charge is -2.30. The van der Waals surface area contributed by atoms with Gasteiger partial charge in [-0.25, -0.2) is 9.97 Å². The zero-order chi connectivity index (χ0) is 34.3. The Morgan fingerprint density at radius 2 is 1.08 bits per heavy atom. The summed E-state index contributed by atoms with van der Waals surface area (Å²) in [5.41, 5.74) is 6.88. The molecule has 6 fully saturated rings. The predicted octanol–water partition coefficient (Wildman–Crippen LogP) is 7.09. The predicted molar refractivity (Wildman–Crippen MR) is 199 cm³/mol. The number of piperidine rings is 2. The van der Waals surface area contributed by atoms with E-state index >= 15 is 0 Å². The summed E-state index contributed by atoms with van der Waals surface area (Å²) in [7, 11) is 0. The van der Waals surface area contributed by atoms with Gasteiger partial charge in [-0.2, -0.15) is 9.97 Å². The van der Waals surface area contributed by atoms with Crippen LogP contribution in [0.4, 0.5) is 12.0 Å². The molecule has 6 aromatic rings. The second-order valence-electron chi connectivity index (χ2n) is 14.1. The largest absolute Gasteiger partial charge is 0.455 e. The molecular formula is C40H44N8O3. The third-order valence-corrected chi connectivity index (χ3v) is 10.9. The van der Waals surface area contributed by atoms with E-state index in [9.17, 15) is 0 Å². The molecule has 0 amide bonds. The number of ether oxygens (including phenoxy) is 1. The molecule has 2 aromatic carbocycles. The maximum absolute atomic E-state index is 6.16. The van der Waals surface area contributed by atoms with Crippen molar-refractivity contribution in [2.24, 2.45) is 0 Å². The number of fused-ring (bicyclic) bond motifs is 10. The molecule has 0 radical (unpaired) electrons. The van der Waals surface area contributed by atoms with Crippen LogP contribution in [0, 0.1) is 13.8 Å². The van der Waals surface area contributed by atoms with Gasteiger partial charge < -0.3 is 33.2 Å². The molecule has 11 heteroatoms. The first-order valence-corrected chi connectivity index (χ1v) is 18.4. The van der Waals surface area contributed by atoms with Crippen LogP contribution in [0.15, 0.2) is 81.6 Å². The minimum absolute atomic E-state index is 0.517. The van der Waals surface area contributed by atoms with Gasteiger partial charge in [0.1, 0.15) is 5.75 Å². The number of benzene rings is 2. The third-order valence-electron chi connectivity index (χ3n) is 10.9. The van der Waals surface area contributed by atoms with Crippen molar-refractivity contribution in [3.63, 3.8) is 0 Å². The summed E-state index contributed by atoms with van der Waals surface area (Å²) < 4.78 is 18.2. The van der Waals surface area contributed by atoms with Gasteiger partial charge in [-0.05, 0) is 63.3 Å². The summed E-state index contributed by atoms with van der Waals surface area (Å²) in [5, 5.41) is 0. The molecule has 0 saturated carbocycles. The van der Waals surface area contributed by atoms with Crippen molar-refractivity contribution in [2.75, 3.05) is 62.2 Å². The number of hydrogen-bond acceptors (Lipinski definition) is 11. The molecule has 6 aliphatic rings. The zero-order valence-corrected chi connectivity index (χ0v) is 29.4. The first-order valence-electron chi connectivity index (χ1n) is 18.4. The molecule has 12 rings (SSSR count). The van der Waals surface area contributed by atoms with Crippen LogP contribution in [-0.2, 0) is 0 Å². The van der Waals surface area contributed by atoms with E-state index in [1.165, 1.54) is 51.9 Å². The summed E-state index contributed by atoms with van der Waals surface area (Å²) in [6, 6.07) is 26.5. The van der Waals surface area contributed by atoms with Crippen LogP contribution in [0.5, 0.6) is 11.5 Å². The highest BCUT2D eigenvalue weighted by Gasteiger charge is 2.33. The molecule has 11 nitrogen and oxygen atoms in total. The van der Waals surface area contributed by atoms with Gasteiger partial charge in [0.05, 0.1) is 5.69 Å². The topological polar surface area (TPSA) is 100 Å². The molecule has 4 aromatic heterocycles. The molecule has 0 unspecified atom stereocenters. The summed E-state index contributed by atoms with van der Waals surface area (Å²) in [4.78, 5) is 28.4. The Labute approximate surface area is 297 Å². The molecule has 6 saturated heterocycles. The Morgan fingerprint density at radius 1 is 0.569 bits per heavy atom. The van der Waals surface area contributed by atoms with Crippen LogP contribution in [0.2, 0.25) is 0 Å². The molecule has 51 heavy (non-hydrogen) atoms. The van der Waals surface area contributed by atoms with Crippen LogP contribution in [0.1, 0.15) is 37.1 Å². The maximum Gasteiger partial charge on any atom is 0.300 e. The fraction of sp³-hybridized carbons (Fsp3) is 0.400. The van der Waals surface area contributed by atoms with Crippen molar-refractivity contribution in [1.29, 1.82) is 0 Å². The van der Waals surface area contributed by atoms with E-state index in [0.717, 1.165) is 66.0 Å². The molecule has 0 atom stereocenters. The molecule has 0 N–H and O–H groups in total. The number of oxazole rings is 2. The molecule has 262 valence electrons. The van der Waals surface area contributed by atoms with E-state index in [2.05, 4.69) is 47.8 Å². The smallest absolute Gasteiger partial charge is 0.300 e. The number of anilines is 2. The number of rotatable bonds is 5. The highest BCUT2D eigenvalue weighted by atomic mass is 16.5. The lowest BCUT2D eigenvalue weighted by Crippen LogP contribution is -2.38. The molecule has 4 bridgehead atoms. The van der Waals surface area contributed by atoms with E-state index < -0.39 is 0 Å².